The molecule has 41 heavy (non-hydrogen) atoms. The average molecular weight is 593 g/mol. The maximum absolute atomic E-state index is 13.6. The van der Waals surface area contributed by atoms with Gasteiger partial charge < -0.3 is 19.0 Å². The van der Waals surface area contributed by atoms with E-state index in [4.69, 9.17) is 23.8 Å². The van der Waals surface area contributed by atoms with Crippen LogP contribution < -0.4 is 19.6 Å². The molecule has 0 radical (unpaired) electrons. The van der Waals surface area contributed by atoms with Crippen molar-refractivity contribution in [3.8, 4) is 5.75 Å². The first-order valence-corrected chi connectivity index (χ1v) is 13.8. The average Bonchev–Trinajstić information content (AvgIpc) is 3.70. The lowest BCUT2D eigenvalue weighted by Gasteiger charge is -2.24. The van der Waals surface area contributed by atoms with E-state index in [0.717, 1.165) is 11.8 Å². The molecule has 0 saturated heterocycles. The molecule has 1 aromatic carbocycles. The van der Waals surface area contributed by atoms with Crippen LogP contribution in [0.3, 0.4) is 0 Å². The third-order valence-electron chi connectivity index (χ3n) is 5.52. The highest BCUT2D eigenvalue weighted by molar-refractivity contribution is 7.11. The zero-order valence-corrected chi connectivity index (χ0v) is 23.6. The number of esters is 2. The molecule has 0 amide bonds. The van der Waals surface area contributed by atoms with Crippen molar-refractivity contribution in [1.82, 2.24) is 4.57 Å². The Hall–Kier alpha value is -4.81. The molecule has 12 heteroatoms. The maximum Gasteiger partial charge on any atom is 0.379 e. The largest absolute Gasteiger partial charge is 0.481 e. The number of aromatic nitrogens is 1. The van der Waals surface area contributed by atoms with E-state index < -0.39 is 23.9 Å². The Labute approximate surface area is 241 Å². The number of carbonyl (C=O) groups excluding carboxylic acids is 2. The van der Waals surface area contributed by atoms with Gasteiger partial charge in [-0.25, -0.2) is 14.6 Å². The van der Waals surface area contributed by atoms with Crippen LogP contribution in [-0.2, 0) is 14.3 Å². The number of hydrogen-bond donors (Lipinski definition) is 1. The van der Waals surface area contributed by atoms with Crippen LogP contribution in [0.1, 0.15) is 40.9 Å². The predicted octanol–water partition coefficient (Wildman–Crippen LogP) is 3.93. The number of thiazole rings is 1. The van der Waals surface area contributed by atoms with Crippen molar-refractivity contribution in [1.29, 1.82) is 0 Å². The van der Waals surface area contributed by atoms with Gasteiger partial charge in [-0.15, -0.1) is 11.3 Å². The van der Waals surface area contributed by atoms with E-state index in [1.807, 2.05) is 23.6 Å². The summed E-state index contributed by atoms with van der Waals surface area (Å²) in [6.45, 7) is 6.41. The summed E-state index contributed by atoms with van der Waals surface area (Å²) in [5.41, 5.74) is 1.06. The maximum atomic E-state index is 13.6. The SMILES string of the molecule is C=CCOC(=O)C1=C(C)N=c2s/c(=C/c3cccs3)c(=O)n2C1c1ccc(OC(=O)c2ccco2)cc1.CC(=O)O. The van der Waals surface area contributed by atoms with Gasteiger partial charge in [0, 0.05) is 11.8 Å². The minimum absolute atomic E-state index is 0.0206. The fourth-order valence-electron chi connectivity index (χ4n) is 3.88. The lowest BCUT2D eigenvalue weighted by atomic mass is 9.96. The zero-order chi connectivity index (χ0) is 29.5. The number of thiophene rings is 1. The fourth-order valence-corrected chi connectivity index (χ4v) is 5.65. The molecule has 0 fully saturated rings. The first-order chi connectivity index (χ1) is 19.7. The highest BCUT2D eigenvalue weighted by Gasteiger charge is 2.33. The van der Waals surface area contributed by atoms with Crippen LogP contribution in [0.2, 0.25) is 0 Å². The number of fused-ring (bicyclic) bond motifs is 1. The van der Waals surface area contributed by atoms with Crippen LogP contribution in [0.25, 0.3) is 6.08 Å². The van der Waals surface area contributed by atoms with E-state index in [1.165, 1.54) is 45.6 Å². The normalized spacial score (nSPS) is 14.3. The van der Waals surface area contributed by atoms with Crippen LogP contribution in [0, 0.1) is 0 Å². The van der Waals surface area contributed by atoms with Gasteiger partial charge in [0.05, 0.1) is 28.1 Å². The number of allylic oxidation sites excluding steroid dienone is 1. The van der Waals surface area contributed by atoms with E-state index in [0.29, 0.717) is 20.6 Å². The number of ether oxygens (including phenoxy) is 2. The number of aliphatic carboxylic acids is 1. The van der Waals surface area contributed by atoms with Crippen LogP contribution in [0.4, 0.5) is 0 Å². The molecule has 4 heterocycles. The van der Waals surface area contributed by atoms with Crippen molar-refractivity contribution < 1.29 is 33.4 Å². The molecule has 0 bridgehead atoms. The molecule has 1 atom stereocenters. The first-order valence-electron chi connectivity index (χ1n) is 12.1. The number of carboxylic acid groups (broad SMARTS) is 1. The molecule has 1 aliphatic heterocycles. The molecule has 1 unspecified atom stereocenters. The summed E-state index contributed by atoms with van der Waals surface area (Å²) < 4.78 is 17.8. The minimum Gasteiger partial charge on any atom is -0.481 e. The molecule has 10 nitrogen and oxygen atoms in total. The van der Waals surface area contributed by atoms with Crippen LogP contribution in [0.5, 0.6) is 5.75 Å². The van der Waals surface area contributed by atoms with Gasteiger partial charge in [0.15, 0.2) is 4.80 Å². The molecule has 1 N–H and O–H groups in total. The highest BCUT2D eigenvalue weighted by atomic mass is 32.1. The van der Waals surface area contributed by atoms with Gasteiger partial charge in [-0.05, 0) is 54.3 Å². The van der Waals surface area contributed by atoms with Gasteiger partial charge in [-0.2, -0.15) is 0 Å². The van der Waals surface area contributed by atoms with Crippen molar-refractivity contribution in [2.24, 2.45) is 4.99 Å². The van der Waals surface area contributed by atoms with Crippen molar-refractivity contribution in [2.75, 3.05) is 6.61 Å². The number of benzene rings is 1. The number of carboxylic acids is 1. The minimum atomic E-state index is -0.833. The van der Waals surface area contributed by atoms with Gasteiger partial charge in [0.2, 0.25) is 5.76 Å². The molecule has 3 aromatic heterocycles. The van der Waals surface area contributed by atoms with Gasteiger partial charge in [-0.1, -0.05) is 42.2 Å². The molecule has 0 spiro atoms. The summed E-state index contributed by atoms with van der Waals surface area (Å²) in [6.07, 6.45) is 4.68. The number of carbonyl (C=O) groups is 3. The Morgan fingerprint density at radius 1 is 1.15 bits per heavy atom. The van der Waals surface area contributed by atoms with Gasteiger partial charge in [0.1, 0.15) is 12.4 Å². The third-order valence-corrected chi connectivity index (χ3v) is 7.32. The lowest BCUT2D eigenvalue weighted by Crippen LogP contribution is -2.39. The summed E-state index contributed by atoms with van der Waals surface area (Å²) in [5.74, 6) is -1.70. The fraction of sp³-hybridized carbons (Fsp3) is 0.138. The number of furan rings is 1. The van der Waals surface area contributed by atoms with E-state index >= 15 is 0 Å². The Bertz CT molecular complexity index is 1770. The lowest BCUT2D eigenvalue weighted by molar-refractivity contribution is -0.138. The molecular weight excluding hydrogens is 568 g/mol. The van der Waals surface area contributed by atoms with Crippen molar-refractivity contribution in [3.05, 3.63) is 120 Å². The molecule has 4 aromatic rings. The molecule has 5 rings (SSSR count). The summed E-state index contributed by atoms with van der Waals surface area (Å²) >= 11 is 2.78. The Kier molecular flexibility index (Phi) is 9.27. The Morgan fingerprint density at radius 2 is 1.88 bits per heavy atom. The second kappa shape index (κ2) is 13.0. The topological polar surface area (TPSA) is 137 Å². The number of nitrogens with zero attached hydrogens (tertiary/aromatic N) is 2. The van der Waals surface area contributed by atoms with Crippen LogP contribution in [0.15, 0.2) is 98.3 Å². The second-order valence-electron chi connectivity index (χ2n) is 8.44. The molecule has 210 valence electrons. The van der Waals surface area contributed by atoms with Gasteiger partial charge >= 0.3 is 11.9 Å². The summed E-state index contributed by atoms with van der Waals surface area (Å²) in [7, 11) is 0. The quantitative estimate of drug-likeness (QED) is 0.194. The van der Waals surface area contributed by atoms with Gasteiger partial charge in [-0.3, -0.25) is 14.2 Å². The van der Waals surface area contributed by atoms with Crippen molar-refractivity contribution in [3.63, 3.8) is 0 Å². The van der Waals surface area contributed by atoms with Crippen LogP contribution in [-0.4, -0.2) is 34.2 Å². The smallest absolute Gasteiger partial charge is 0.379 e. The van der Waals surface area contributed by atoms with Crippen LogP contribution >= 0.6 is 22.7 Å². The first kappa shape index (κ1) is 29.2. The second-order valence-corrected chi connectivity index (χ2v) is 10.4. The molecule has 1 aliphatic rings. The van der Waals surface area contributed by atoms with Crippen molar-refractivity contribution in [2.45, 2.75) is 19.9 Å². The Morgan fingerprint density at radius 3 is 2.49 bits per heavy atom. The summed E-state index contributed by atoms with van der Waals surface area (Å²) in [5, 5.41) is 9.35. The zero-order valence-electron chi connectivity index (χ0n) is 21.9. The van der Waals surface area contributed by atoms with E-state index in [9.17, 15) is 14.4 Å². The van der Waals surface area contributed by atoms with E-state index in [2.05, 4.69) is 11.6 Å². The summed E-state index contributed by atoms with van der Waals surface area (Å²) in [6, 6.07) is 12.7. The third kappa shape index (κ3) is 6.86. The predicted molar refractivity (Wildman–Crippen MR) is 153 cm³/mol. The standard InChI is InChI=1S/C27H20N2O6S2.C2H4O2/c1-3-12-34-26(32)22-16(2)28-27-29(24(30)21(37-27)15-19-6-5-14-36-19)23(22)17-8-10-18(11-9-17)35-25(31)20-7-4-13-33-20;1-2(3)4/h3-11,13-15,23H,1,12H2,2H3;1H3,(H,3,4)/b21-15+;. The number of rotatable bonds is 7. The molecule has 0 aliphatic carbocycles. The molecular formula is C29H24N2O8S2. The monoisotopic (exact) mass is 592 g/mol. The number of hydrogen-bond acceptors (Lipinski definition) is 10. The van der Waals surface area contributed by atoms with E-state index in [-0.39, 0.29) is 29.2 Å². The Balaban J connectivity index is 0.000000909. The van der Waals surface area contributed by atoms with Crippen molar-refractivity contribution >= 4 is 46.7 Å². The highest BCUT2D eigenvalue weighted by Crippen LogP contribution is 2.31. The van der Waals surface area contributed by atoms with Gasteiger partial charge in [0.25, 0.3) is 11.5 Å². The molecule has 0 saturated carbocycles. The summed E-state index contributed by atoms with van der Waals surface area (Å²) in [4.78, 5) is 53.9. The van der Waals surface area contributed by atoms with E-state index in [1.54, 1.807) is 37.3 Å².